The summed E-state index contributed by atoms with van der Waals surface area (Å²) >= 11 is 0. The van der Waals surface area contributed by atoms with Gasteiger partial charge in [-0.2, -0.15) is 4.68 Å². The third-order valence-electron chi connectivity index (χ3n) is 1.42. The first-order chi connectivity index (χ1) is 6.40. The van der Waals surface area contributed by atoms with Crippen LogP contribution in [0, 0.1) is 0 Å². The number of rotatable bonds is 2. The third kappa shape index (κ3) is 1.49. The fourth-order valence-electron chi connectivity index (χ4n) is 0.848. The van der Waals surface area contributed by atoms with Crippen LogP contribution >= 0.6 is 0 Å². The molecule has 0 saturated carbocycles. The molecule has 0 aromatic carbocycles. The maximum atomic E-state index is 8.80. The summed E-state index contributed by atoms with van der Waals surface area (Å²) in [5.41, 5.74) is 0.480. The third-order valence-corrected chi connectivity index (χ3v) is 1.42. The molecule has 0 radical (unpaired) electrons. The van der Waals surface area contributed by atoms with Crippen LogP contribution in [0.4, 0.5) is 0 Å². The van der Waals surface area contributed by atoms with E-state index in [1.807, 2.05) is 0 Å². The zero-order valence-corrected chi connectivity index (χ0v) is 6.57. The predicted molar refractivity (Wildman–Crippen MR) is 40.7 cm³/mol. The van der Waals surface area contributed by atoms with Crippen LogP contribution in [0.1, 0.15) is 5.69 Å². The summed E-state index contributed by atoms with van der Waals surface area (Å²) < 4.78 is 1.37. The second-order valence-corrected chi connectivity index (χ2v) is 2.28. The quantitative estimate of drug-likeness (QED) is 0.630. The molecule has 1 N–H and O–H groups in total. The molecule has 2 rings (SSSR count). The van der Waals surface area contributed by atoms with E-state index in [1.165, 1.54) is 23.4 Å². The number of hydrogen-bond donors (Lipinski definition) is 1. The number of aliphatic hydroxyl groups is 1. The average Bonchev–Trinajstić information content (AvgIpc) is 2.71. The van der Waals surface area contributed by atoms with Crippen molar-refractivity contribution in [3.63, 3.8) is 0 Å². The summed E-state index contributed by atoms with van der Waals surface area (Å²) in [5, 5.41) is 19.3. The lowest BCUT2D eigenvalue weighted by Gasteiger charge is -1.98. The smallest absolute Gasteiger partial charge is 0.175 e. The molecule has 0 atom stereocenters. The van der Waals surface area contributed by atoms with Gasteiger partial charge in [0.1, 0.15) is 6.33 Å². The maximum absolute atomic E-state index is 8.80. The second kappa shape index (κ2) is 3.23. The van der Waals surface area contributed by atoms with Gasteiger partial charge in [-0.25, -0.2) is 4.98 Å². The van der Waals surface area contributed by atoms with Gasteiger partial charge in [0.15, 0.2) is 5.82 Å². The highest BCUT2D eigenvalue weighted by Crippen LogP contribution is 1.99. The molecule has 0 saturated heterocycles. The van der Waals surface area contributed by atoms with Crippen LogP contribution in [-0.2, 0) is 6.61 Å². The van der Waals surface area contributed by atoms with Crippen molar-refractivity contribution in [3.8, 4) is 5.82 Å². The molecule has 0 aliphatic carbocycles. The molecule has 0 spiro atoms. The van der Waals surface area contributed by atoms with E-state index in [0.717, 1.165) is 0 Å². The van der Waals surface area contributed by atoms with Gasteiger partial charge in [-0.3, -0.25) is 4.98 Å². The van der Waals surface area contributed by atoms with Gasteiger partial charge < -0.3 is 5.11 Å². The summed E-state index contributed by atoms with van der Waals surface area (Å²) in [4.78, 5) is 7.91. The first-order valence-electron chi connectivity index (χ1n) is 3.55. The molecule has 13 heavy (non-hydrogen) atoms. The van der Waals surface area contributed by atoms with Crippen molar-refractivity contribution in [1.82, 2.24) is 30.2 Å². The van der Waals surface area contributed by atoms with Crippen LogP contribution in [0.25, 0.3) is 5.82 Å². The number of hydrogen-bond acceptors (Lipinski definition) is 6. The minimum absolute atomic E-state index is 0.150. The van der Waals surface area contributed by atoms with Gasteiger partial charge in [0.05, 0.1) is 24.7 Å². The number of nitrogens with zero attached hydrogens (tertiary/aromatic N) is 6. The number of tetrazole rings is 1. The highest BCUT2D eigenvalue weighted by Gasteiger charge is 2.00. The molecule has 7 heteroatoms. The van der Waals surface area contributed by atoms with Crippen LogP contribution in [0.15, 0.2) is 18.7 Å². The van der Waals surface area contributed by atoms with Crippen molar-refractivity contribution >= 4 is 0 Å². The Morgan fingerprint density at radius 2 is 2.31 bits per heavy atom. The fraction of sp³-hybridized carbons (Fsp3) is 0.167. The Kier molecular flexibility index (Phi) is 1.93. The minimum Gasteiger partial charge on any atom is -0.390 e. The molecule has 0 bridgehead atoms. The van der Waals surface area contributed by atoms with Crippen molar-refractivity contribution in [3.05, 3.63) is 24.4 Å². The highest BCUT2D eigenvalue weighted by molar-refractivity contribution is 5.16. The van der Waals surface area contributed by atoms with E-state index in [9.17, 15) is 0 Å². The summed E-state index contributed by atoms with van der Waals surface area (Å²) in [7, 11) is 0. The Morgan fingerprint density at radius 1 is 1.38 bits per heavy atom. The van der Waals surface area contributed by atoms with Gasteiger partial charge in [0.25, 0.3) is 0 Å². The summed E-state index contributed by atoms with van der Waals surface area (Å²) in [6.07, 6.45) is 4.40. The van der Waals surface area contributed by atoms with Crippen LogP contribution < -0.4 is 0 Å². The van der Waals surface area contributed by atoms with Gasteiger partial charge in [-0.1, -0.05) is 0 Å². The largest absolute Gasteiger partial charge is 0.390 e. The van der Waals surface area contributed by atoms with E-state index in [4.69, 9.17) is 5.11 Å². The maximum Gasteiger partial charge on any atom is 0.175 e. The molecule has 0 amide bonds. The lowest BCUT2D eigenvalue weighted by molar-refractivity contribution is 0.276. The van der Waals surface area contributed by atoms with Crippen LogP contribution in [-0.4, -0.2) is 35.3 Å². The standard InChI is InChI=1S/C6H6N6O/c13-3-5-1-7-2-6(9-5)12-4-8-10-11-12/h1-2,4,13H,3H2. The lowest BCUT2D eigenvalue weighted by Crippen LogP contribution is -2.02. The van der Waals surface area contributed by atoms with E-state index in [2.05, 4.69) is 25.5 Å². The summed E-state index contributed by atoms with van der Waals surface area (Å²) in [6, 6.07) is 0. The van der Waals surface area contributed by atoms with E-state index >= 15 is 0 Å². The predicted octanol–water partition coefficient (Wildman–Crippen LogP) is -1.06. The van der Waals surface area contributed by atoms with Crippen LogP contribution in [0.2, 0.25) is 0 Å². The van der Waals surface area contributed by atoms with Crippen LogP contribution in [0.3, 0.4) is 0 Å². The van der Waals surface area contributed by atoms with Crippen molar-refractivity contribution in [2.75, 3.05) is 0 Å². The van der Waals surface area contributed by atoms with Crippen molar-refractivity contribution in [2.24, 2.45) is 0 Å². The number of aliphatic hydroxyl groups excluding tert-OH is 1. The van der Waals surface area contributed by atoms with E-state index in [0.29, 0.717) is 11.5 Å². The van der Waals surface area contributed by atoms with Crippen molar-refractivity contribution in [2.45, 2.75) is 6.61 Å². The first-order valence-corrected chi connectivity index (χ1v) is 3.55. The Bertz CT molecular complexity index is 386. The molecule has 0 unspecified atom stereocenters. The van der Waals surface area contributed by atoms with Crippen molar-refractivity contribution in [1.29, 1.82) is 0 Å². The zero-order chi connectivity index (χ0) is 9.10. The topological polar surface area (TPSA) is 89.6 Å². The molecule has 2 aromatic heterocycles. The van der Waals surface area contributed by atoms with E-state index in [1.54, 1.807) is 0 Å². The average molecular weight is 178 g/mol. The van der Waals surface area contributed by atoms with E-state index in [-0.39, 0.29) is 6.61 Å². The molecular weight excluding hydrogens is 172 g/mol. The Balaban J connectivity index is 2.41. The molecule has 2 aromatic rings. The Morgan fingerprint density at radius 3 is 3.00 bits per heavy atom. The van der Waals surface area contributed by atoms with Gasteiger partial charge in [0, 0.05) is 0 Å². The van der Waals surface area contributed by atoms with Crippen LogP contribution in [0.5, 0.6) is 0 Å². The highest BCUT2D eigenvalue weighted by atomic mass is 16.3. The monoisotopic (exact) mass is 178 g/mol. The summed E-state index contributed by atoms with van der Waals surface area (Å²) in [6.45, 7) is -0.150. The molecular formula is C6H6N6O. The molecule has 2 heterocycles. The van der Waals surface area contributed by atoms with Gasteiger partial charge >= 0.3 is 0 Å². The van der Waals surface area contributed by atoms with Gasteiger partial charge in [0.2, 0.25) is 0 Å². The molecule has 0 aliphatic heterocycles. The lowest BCUT2D eigenvalue weighted by atomic mass is 10.5. The van der Waals surface area contributed by atoms with Gasteiger partial charge in [-0.05, 0) is 10.4 Å². The molecule has 66 valence electrons. The molecule has 7 nitrogen and oxygen atoms in total. The first kappa shape index (κ1) is 7.74. The Hall–Kier alpha value is -1.89. The minimum atomic E-state index is -0.150. The van der Waals surface area contributed by atoms with Crippen molar-refractivity contribution < 1.29 is 5.11 Å². The SMILES string of the molecule is OCc1cncc(-n2cnnn2)n1. The molecule has 0 aliphatic rings. The normalized spacial score (nSPS) is 10.2. The second-order valence-electron chi connectivity index (χ2n) is 2.28. The summed E-state index contributed by atoms with van der Waals surface area (Å²) in [5.74, 6) is 0.483. The number of aromatic nitrogens is 6. The zero-order valence-electron chi connectivity index (χ0n) is 6.57. The fourth-order valence-corrected chi connectivity index (χ4v) is 0.848. The van der Waals surface area contributed by atoms with Gasteiger partial charge in [-0.15, -0.1) is 5.10 Å². The molecule has 0 fully saturated rings. The van der Waals surface area contributed by atoms with E-state index < -0.39 is 0 Å². The Labute approximate surface area is 73.1 Å².